The highest BCUT2D eigenvalue weighted by atomic mass is 35.5. The van der Waals surface area contributed by atoms with Crippen LogP contribution in [-0.4, -0.2) is 28.8 Å². The number of hydrogen-bond donors (Lipinski definition) is 2. The lowest BCUT2D eigenvalue weighted by atomic mass is 9.92. The molecule has 1 saturated carbocycles. The predicted octanol–water partition coefficient (Wildman–Crippen LogP) is 2.92. The first-order chi connectivity index (χ1) is 9.87. The Morgan fingerprint density at radius 2 is 1.81 bits per heavy atom. The maximum absolute atomic E-state index is 12.4. The lowest BCUT2D eigenvalue weighted by molar-refractivity contribution is -0.135. The molecule has 1 aromatic carbocycles. The van der Waals surface area contributed by atoms with E-state index >= 15 is 0 Å². The summed E-state index contributed by atoms with van der Waals surface area (Å²) in [6, 6.07) is 7.07. The third-order valence-corrected chi connectivity index (χ3v) is 4.02. The Balaban J connectivity index is 1.91. The largest absolute Gasteiger partial charge is 0.478 e. The van der Waals surface area contributed by atoms with Gasteiger partial charge in [0.15, 0.2) is 5.60 Å². The molecule has 5 heteroatoms. The molecule has 1 amide bonds. The molecule has 0 aromatic heterocycles. The van der Waals surface area contributed by atoms with Crippen LogP contribution in [0.4, 0.5) is 0 Å². The second-order valence-corrected chi connectivity index (χ2v) is 6.48. The van der Waals surface area contributed by atoms with Crippen LogP contribution >= 0.6 is 11.6 Å². The highest BCUT2D eigenvalue weighted by Gasteiger charge is 2.32. The number of amides is 1. The van der Waals surface area contributed by atoms with E-state index in [1.165, 1.54) is 0 Å². The van der Waals surface area contributed by atoms with Gasteiger partial charge in [-0.05, 0) is 63.8 Å². The second kappa shape index (κ2) is 6.67. The van der Waals surface area contributed by atoms with Gasteiger partial charge in [-0.2, -0.15) is 0 Å². The van der Waals surface area contributed by atoms with Gasteiger partial charge >= 0.3 is 0 Å². The number of halogens is 1. The summed E-state index contributed by atoms with van der Waals surface area (Å²) in [5.41, 5.74) is -0.954. The van der Waals surface area contributed by atoms with Crippen molar-refractivity contribution >= 4 is 17.5 Å². The Hall–Kier alpha value is -1.26. The zero-order valence-corrected chi connectivity index (χ0v) is 13.2. The van der Waals surface area contributed by atoms with Gasteiger partial charge in [-0.15, -0.1) is 0 Å². The molecule has 2 rings (SSSR count). The zero-order chi connectivity index (χ0) is 15.5. The minimum atomic E-state index is -0.954. The van der Waals surface area contributed by atoms with Gasteiger partial charge in [0.1, 0.15) is 5.75 Å². The van der Waals surface area contributed by atoms with Crippen LogP contribution in [0.5, 0.6) is 5.75 Å². The zero-order valence-electron chi connectivity index (χ0n) is 12.4. The summed E-state index contributed by atoms with van der Waals surface area (Å²) in [5, 5.41) is 13.1. The summed E-state index contributed by atoms with van der Waals surface area (Å²) in [6.07, 6.45) is 2.87. The van der Waals surface area contributed by atoms with Gasteiger partial charge in [-0.1, -0.05) is 11.6 Å². The average Bonchev–Trinajstić information content (AvgIpc) is 2.43. The third kappa shape index (κ3) is 4.61. The highest BCUT2D eigenvalue weighted by molar-refractivity contribution is 6.30. The number of carbonyl (C=O) groups excluding carboxylic acids is 1. The number of rotatable bonds is 4. The molecule has 0 atom stereocenters. The van der Waals surface area contributed by atoms with Crippen LogP contribution < -0.4 is 10.1 Å². The molecule has 4 nitrogen and oxygen atoms in total. The molecule has 2 N–H and O–H groups in total. The van der Waals surface area contributed by atoms with Crippen molar-refractivity contribution in [1.29, 1.82) is 0 Å². The SMILES string of the molecule is CC(C)(Oc1ccc(Cl)cc1)C(=O)NC1CCC(O)CC1. The molecule has 1 fully saturated rings. The first kappa shape index (κ1) is 16.1. The number of ether oxygens (including phenoxy) is 1. The maximum Gasteiger partial charge on any atom is 0.263 e. The number of nitrogens with one attached hydrogen (secondary N) is 1. The van der Waals surface area contributed by atoms with E-state index in [1.807, 2.05) is 0 Å². The molecule has 0 saturated heterocycles. The summed E-state index contributed by atoms with van der Waals surface area (Å²) in [4.78, 5) is 12.4. The molecule has 1 aliphatic carbocycles. The molecule has 0 radical (unpaired) electrons. The minimum absolute atomic E-state index is 0.119. The van der Waals surface area contributed by atoms with Crippen LogP contribution in [0.25, 0.3) is 0 Å². The van der Waals surface area contributed by atoms with Gasteiger partial charge in [-0.25, -0.2) is 0 Å². The van der Waals surface area contributed by atoms with Crippen LogP contribution in [0.3, 0.4) is 0 Å². The third-order valence-electron chi connectivity index (χ3n) is 3.77. The van der Waals surface area contributed by atoms with Crippen molar-refractivity contribution in [2.75, 3.05) is 0 Å². The van der Waals surface area contributed by atoms with E-state index < -0.39 is 5.60 Å². The molecule has 116 valence electrons. The molecule has 0 heterocycles. The Morgan fingerprint density at radius 3 is 2.38 bits per heavy atom. The summed E-state index contributed by atoms with van der Waals surface area (Å²) in [5.74, 6) is 0.470. The van der Waals surface area contributed by atoms with Crippen molar-refractivity contribution in [2.24, 2.45) is 0 Å². The van der Waals surface area contributed by atoms with Crippen molar-refractivity contribution in [3.8, 4) is 5.75 Å². The monoisotopic (exact) mass is 311 g/mol. The molecule has 0 unspecified atom stereocenters. The van der Waals surface area contributed by atoms with E-state index in [9.17, 15) is 9.90 Å². The first-order valence-corrected chi connectivity index (χ1v) is 7.68. The second-order valence-electron chi connectivity index (χ2n) is 6.05. The number of aliphatic hydroxyl groups is 1. The van der Waals surface area contributed by atoms with E-state index in [4.69, 9.17) is 16.3 Å². The van der Waals surface area contributed by atoms with Gasteiger partial charge in [0.2, 0.25) is 0 Å². The quantitative estimate of drug-likeness (QED) is 0.899. The average molecular weight is 312 g/mol. The Labute approximate surface area is 130 Å². The molecule has 0 aliphatic heterocycles. The van der Waals surface area contributed by atoms with Gasteiger partial charge < -0.3 is 15.2 Å². The predicted molar refractivity (Wildman–Crippen MR) is 82.6 cm³/mol. The molecular weight excluding hydrogens is 290 g/mol. The van der Waals surface area contributed by atoms with Gasteiger partial charge in [0.05, 0.1) is 6.10 Å². The Morgan fingerprint density at radius 1 is 1.24 bits per heavy atom. The van der Waals surface area contributed by atoms with E-state index in [-0.39, 0.29) is 18.1 Å². The van der Waals surface area contributed by atoms with E-state index in [0.717, 1.165) is 25.7 Å². The van der Waals surface area contributed by atoms with E-state index in [2.05, 4.69) is 5.32 Å². The lowest BCUT2D eigenvalue weighted by Gasteiger charge is -2.31. The van der Waals surface area contributed by atoms with E-state index in [1.54, 1.807) is 38.1 Å². The van der Waals surface area contributed by atoms with Crippen molar-refractivity contribution in [3.63, 3.8) is 0 Å². The molecule has 0 spiro atoms. The number of aliphatic hydroxyl groups excluding tert-OH is 1. The summed E-state index contributed by atoms with van der Waals surface area (Å²) in [6.45, 7) is 3.49. The normalized spacial score (nSPS) is 22.7. The topological polar surface area (TPSA) is 58.6 Å². The van der Waals surface area contributed by atoms with Crippen LogP contribution in [-0.2, 0) is 4.79 Å². The number of hydrogen-bond acceptors (Lipinski definition) is 3. The van der Waals surface area contributed by atoms with Crippen LogP contribution in [0.2, 0.25) is 5.02 Å². The van der Waals surface area contributed by atoms with Gasteiger partial charge in [0, 0.05) is 11.1 Å². The molecule has 21 heavy (non-hydrogen) atoms. The van der Waals surface area contributed by atoms with E-state index in [0.29, 0.717) is 10.8 Å². The fraction of sp³-hybridized carbons (Fsp3) is 0.562. The van der Waals surface area contributed by atoms with Crippen molar-refractivity contribution in [1.82, 2.24) is 5.32 Å². The molecule has 0 bridgehead atoms. The first-order valence-electron chi connectivity index (χ1n) is 7.30. The minimum Gasteiger partial charge on any atom is -0.478 e. The van der Waals surface area contributed by atoms with Crippen molar-refractivity contribution in [2.45, 2.75) is 57.3 Å². The molecular formula is C16H22ClNO3. The standard InChI is InChI=1S/C16H22ClNO3/c1-16(2,21-14-9-3-11(17)4-10-14)15(20)18-12-5-7-13(19)8-6-12/h3-4,9-10,12-13,19H,5-8H2,1-2H3,(H,18,20). The summed E-state index contributed by atoms with van der Waals surface area (Å²) >= 11 is 5.83. The van der Waals surface area contributed by atoms with Crippen LogP contribution in [0, 0.1) is 0 Å². The number of carbonyl (C=O) groups is 1. The maximum atomic E-state index is 12.4. The van der Waals surface area contributed by atoms with Gasteiger partial charge in [-0.3, -0.25) is 4.79 Å². The number of benzene rings is 1. The van der Waals surface area contributed by atoms with Crippen molar-refractivity contribution in [3.05, 3.63) is 29.3 Å². The molecule has 1 aromatic rings. The van der Waals surface area contributed by atoms with Crippen molar-refractivity contribution < 1.29 is 14.6 Å². The highest BCUT2D eigenvalue weighted by Crippen LogP contribution is 2.23. The van der Waals surface area contributed by atoms with Crippen LogP contribution in [0.1, 0.15) is 39.5 Å². The smallest absolute Gasteiger partial charge is 0.263 e. The Kier molecular flexibility index (Phi) is 5.12. The Bertz CT molecular complexity index is 479. The lowest BCUT2D eigenvalue weighted by Crippen LogP contribution is -2.51. The van der Waals surface area contributed by atoms with Gasteiger partial charge in [0.25, 0.3) is 5.91 Å². The summed E-state index contributed by atoms with van der Waals surface area (Å²) in [7, 11) is 0. The fourth-order valence-electron chi connectivity index (χ4n) is 2.42. The molecule has 1 aliphatic rings. The summed E-state index contributed by atoms with van der Waals surface area (Å²) < 4.78 is 5.76. The van der Waals surface area contributed by atoms with Crippen LogP contribution in [0.15, 0.2) is 24.3 Å². The fourth-order valence-corrected chi connectivity index (χ4v) is 2.55.